The quantitative estimate of drug-likeness (QED) is 0.640. The van der Waals surface area contributed by atoms with Crippen molar-refractivity contribution in [3.63, 3.8) is 0 Å². The number of anilines is 1. The van der Waals surface area contributed by atoms with E-state index in [0.29, 0.717) is 24.1 Å². The molecule has 0 aromatic heterocycles. The van der Waals surface area contributed by atoms with Gasteiger partial charge in [0.1, 0.15) is 5.82 Å². The zero-order valence-electron chi connectivity index (χ0n) is 14.0. The van der Waals surface area contributed by atoms with Crippen LogP contribution in [0, 0.1) is 17.1 Å². The number of unbranched alkanes of at least 4 members (excludes halogenated alkanes) is 1. The molecule has 1 aliphatic heterocycles. The van der Waals surface area contributed by atoms with Crippen LogP contribution in [0.5, 0.6) is 0 Å². The smallest absolute Gasteiger partial charge is 0.264 e. The summed E-state index contributed by atoms with van der Waals surface area (Å²) in [5.74, 6) is -1.49. The first-order chi connectivity index (χ1) is 12.5. The molecule has 0 spiro atoms. The Balaban J connectivity index is 1.90. The van der Waals surface area contributed by atoms with Crippen LogP contribution in [0.1, 0.15) is 35.2 Å². The number of Topliss-reactive ketones (excluding diaryl/α,β-unsaturated/α-hetero) is 1. The van der Waals surface area contributed by atoms with Gasteiger partial charge in [0.05, 0.1) is 18.2 Å². The predicted octanol–water partition coefficient (Wildman–Crippen LogP) is 2.94. The highest BCUT2D eigenvalue weighted by molar-refractivity contribution is 6.10. The molecule has 2 aromatic carbocycles. The average molecular weight is 352 g/mol. The summed E-state index contributed by atoms with van der Waals surface area (Å²) in [7, 11) is 0. The highest BCUT2D eigenvalue weighted by Crippen LogP contribution is 2.42. The van der Waals surface area contributed by atoms with Gasteiger partial charge in [0.25, 0.3) is 5.91 Å². The van der Waals surface area contributed by atoms with Crippen molar-refractivity contribution >= 4 is 17.4 Å². The van der Waals surface area contributed by atoms with Gasteiger partial charge in [-0.2, -0.15) is 5.26 Å². The van der Waals surface area contributed by atoms with E-state index in [1.54, 1.807) is 24.3 Å². The number of rotatable bonds is 6. The van der Waals surface area contributed by atoms with Gasteiger partial charge in [0, 0.05) is 24.1 Å². The number of fused-ring (bicyclic) bond motifs is 1. The topological polar surface area (TPSA) is 81.4 Å². The fourth-order valence-corrected chi connectivity index (χ4v) is 3.19. The lowest BCUT2D eigenvalue weighted by atomic mass is 9.88. The highest BCUT2D eigenvalue weighted by atomic mass is 19.1. The lowest BCUT2D eigenvalue weighted by Crippen LogP contribution is -2.42. The van der Waals surface area contributed by atoms with Gasteiger partial charge < -0.3 is 10.0 Å². The number of hydrogen-bond acceptors (Lipinski definition) is 4. The summed E-state index contributed by atoms with van der Waals surface area (Å²) >= 11 is 0. The Hall–Kier alpha value is -3.04. The minimum Gasteiger partial charge on any atom is -0.375 e. The van der Waals surface area contributed by atoms with E-state index in [2.05, 4.69) is 0 Å². The number of carbonyl (C=O) groups is 2. The Kier molecular flexibility index (Phi) is 4.83. The largest absolute Gasteiger partial charge is 0.375 e. The monoisotopic (exact) mass is 352 g/mol. The molecule has 132 valence electrons. The number of para-hydroxylation sites is 1. The van der Waals surface area contributed by atoms with Crippen molar-refractivity contribution in [3.8, 4) is 6.07 Å². The fraction of sp³-hybridized carbons (Fsp3) is 0.250. The molecule has 26 heavy (non-hydrogen) atoms. The predicted molar refractivity (Wildman–Crippen MR) is 92.9 cm³/mol. The van der Waals surface area contributed by atoms with Crippen LogP contribution >= 0.6 is 0 Å². The molecule has 1 amide bonds. The highest BCUT2D eigenvalue weighted by Gasteiger charge is 2.50. The molecule has 0 fully saturated rings. The molecule has 2 aromatic rings. The number of benzene rings is 2. The first-order valence-electron chi connectivity index (χ1n) is 8.27. The maximum atomic E-state index is 13.0. The molecule has 1 N–H and O–H groups in total. The molecule has 6 heteroatoms. The van der Waals surface area contributed by atoms with Crippen LogP contribution in [-0.2, 0) is 10.4 Å². The second-order valence-corrected chi connectivity index (χ2v) is 6.20. The van der Waals surface area contributed by atoms with Crippen molar-refractivity contribution in [2.45, 2.75) is 24.9 Å². The van der Waals surface area contributed by atoms with Crippen LogP contribution in [0.15, 0.2) is 48.5 Å². The van der Waals surface area contributed by atoms with E-state index in [4.69, 9.17) is 5.26 Å². The van der Waals surface area contributed by atoms with Crippen LogP contribution in [0.25, 0.3) is 0 Å². The van der Waals surface area contributed by atoms with Crippen LogP contribution in [0.2, 0.25) is 0 Å². The van der Waals surface area contributed by atoms with Gasteiger partial charge in [-0.15, -0.1) is 0 Å². The van der Waals surface area contributed by atoms with Gasteiger partial charge in [-0.25, -0.2) is 4.39 Å². The minimum atomic E-state index is -1.96. The van der Waals surface area contributed by atoms with Gasteiger partial charge in [-0.05, 0) is 36.8 Å². The van der Waals surface area contributed by atoms with Gasteiger partial charge in [-0.3, -0.25) is 9.59 Å². The Morgan fingerprint density at radius 2 is 1.88 bits per heavy atom. The molecule has 0 radical (unpaired) electrons. The second kappa shape index (κ2) is 7.06. The summed E-state index contributed by atoms with van der Waals surface area (Å²) in [5, 5.41) is 19.8. The molecule has 0 saturated heterocycles. The number of nitrogens with zero attached hydrogens (tertiary/aromatic N) is 2. The van der Waals surface area contributed by atoms with Crippen molar-refractivity contribution in [3.05, 3.63) is 65.5 Å². The molecule has 1 unspecified atom stereocenters. The van der Waals surface area contributed by atoms with Crippen LogP contribution in [0.4, 0.5) is 10.1 Å². The second-order valence-electron chi connectivity index (χ2n) is 6.20. The van der Waals surface area contributed by atoms with E-state index in [9.17, 15) is 19.1 Å². The molecular formula is C20H17FN2O3. The molecule has 0 aliphatic carbocycles. The Labute approximate surface area is 150 Å². The Bertz CT molecular complexity index is 889. The number of nitriles is 1. The van der Waals surface area contributed by atoms with E-state index in [1.165, 1.54) is 17.0 Å². The molecule has 1 heterocycles. The molecule has 5 nitrogen and oxygen atoms in total. The number of halogens is 1. The average Bonchev–Trinajstić information content (AvgIpc) is 2.84. The number of hydrogen-bond donors (Lipinski definition) is 1. The maximum Gasteiger partial charge on any atom is 0.264 e. The summed E-state index contributed by atoms with van der Waals surface area (Å²) < 4.78 is 13.0. The van der Waals surface area contributed by atoms with Gasteiger partial charge in [0.2, 0.25) is 0 Å². The molecule has 3 rings (SSSR count). The van der Waals surface area contributed by atoms with Crippen LogP contribution in [0.3, 0.4) is 0 Å². The number of amides is 1. The van der Waals surface area contributed by atoms with Crippen molar-refractivity contribution in [2.75, 3.05) is 11.4 Å². The normalized spacial score (nSPS) is 18.5. The number of aliphatic hydroxyl groups is 1. The molecule has 0 bridgehead atoms. The van der Waals surface area contributed by atoms with E-state index in [1.807, 2.05) is 6.07 Å². The molecule has 1 atom stereocenters. The van der Waals surface area contributed by atoms with Crippen molar-refractivity contribution in [2.24, 2.45) is 0 Å². The first kappa shape index (κ1) is 17.8. The third-order valence-electron chi connectivity index (χ3n) is 4.49. The van der Waals surface area contributed by atoms with Crippen LogP contribution in [-0.4, -0.2) is 23.3 Å². The minimum absolute atomic E-state index is 0.230. The van der Waals surface area contributed by atoms with Crippen LogP contribution < -0.4 is 4.90 Å². The summed E-state index contributed by atoms with van der Waals surface area (Å²) in [6, 6.07) is 13.8. The SMILES string of the molecule is N#CCCCN1C(=O)C(O)(CC(=O)c2ccc(F)cc2)c2ccccc21. The molecular weight excluding hydrogens is 335 g/mol. The van der Waals surface area contributed by atoms with Gasteiger partial charge >= 0.3 is 0 Å². The van der Waals surface area contributed by atoms with E-state index >= 15 is 0 Å². The summed E-state index contributed by atoms with van der Waals surface area (Å²) in [6.07, 6.45) is 0.334. The van der Waals surface area contributed by atoms with Crippen molar-refractivity contribution in [1.29, 1.82) is 5.26 Å². The zero-order chi connectivity index (χ0) is 18.7. The Morgan fingerprint density at radius 3 is 2.58 bits per heavy atom. The lowest BCUT2D eigenvalue weighted by molar-refractivity contribution is -0.135. The summed E-state index contributed by atoms with van der Waals surface area (Å²) in [6.45, 7) is 0.288. The zero-order valence-corrected chi connectivity index (χ0v) is 14.0. The van der Waals surface area contributed by atoms with Crippen molar-refractivity contribution in [1.82, 2.24) is 0 Å². The van der Waals surface area contributed by atoms with Gasteiger partial charge in [-0.1, -0.05) is 18.2 Å². The first-order valence-corrected chi connectivity index (χ1v) is 8.27. The molecule has 1 aliphatic rings. The lowest BCUT2D eigenvalue weighted by Gasteiger charge is -2.22. The van der Waals surface area contributed by atoms with E-state index in [0.717, 1.165) is 12.1 Å². The standard InChI is InChI=1S/C20H17FN2O3/c21-15-9-7-14(8-10-15)18(24)13-20(26)16-5-1-2-6-17(16)23(19(20)25)12-4-3-11-22/h1-2,5-10,26H,3-4,12-13H2. The van der Waals surface area contributed by atoms with Gasteiger partial charge in [0.15, 0.2) is 11.4 Å². The van der Waals surface area contributed by atoms with E-state index < -0.39 is 29.5 Å². The number of ketones is 1. The molecule has 0 saturated carbocycles. The van der Waals surface area contributed by atoms with Crippen molar-refractivity contribution < 1.29 is 19.1 Å². The summed E-state index contributed by atoms with van der Waals surface area (Å²) in [5.41, 5.74) is -0.815. The third-order valence-corrected chi connectivity index (χ3v) is 4.49. The Morgan fingerprint density at radius 1 is 1.19 bits per heavy atom. The van der Waals surface area contributed by atoms with E-state index in [-0.39, 0.29) is 12.1 Å². The fourth-order valence-electron chi connectivity index (χ4n) is 3.19. The summed E-state index contributed by atoms with van der Waals surface area (Å²) in [4.78, 5) is 26.8. The third kappa shape index (κ3) is 3.09. The number of carbonyl (C=O) groups excluding carboxylic acids is 2. The maximum absolute atomic E-state index is 13.0.